The molecular formula is C25H21ClN4O4S. The summed E-state index contributed by atoms with van der Waals surface area (Å²) in [6.45, 7) is 1.72. The van der Waals surface area contributed by atoms with E-state index < -0.39 is 0 Å². The lowest BCUT2D eigenvalue weighted by molar-refractivity contribution is -0.118. The van der Waals surface area contributed by atoms with Crippen molar-refractivity contribution in [3.63, 3.8) is 0 Å². The summed E-state index contributed by atoms with van der Waals surface area (Å²) in [5.41, 5.74) is 4.62. The highest BCUT2D eigenvalue weighted by molar-refractivity contribution is 7.99. The van der Waals surface area contributed by atoms with E-state index in [4.69, 9.17) is 16.3 Å². The molecule has 1 aromatic heterocycles. The van der Waals surface area contributed by atoms with E-state index in [1.54, 1.807) is 67.6 Å². The molecule has 10 heteroatoms. The summed E-state index contributed by atoms with van der Waals surface area (Å²) in [6, 6.07) is 18.7. The molecule has 4 rings (SSSR count). The second-order valence-electron chi connectivity index (χ2n) is 7.44. The van der Waals surface area contributed by atoms with Crippen LogP contribution in [-0.2, 0) is 4.79 Å². The molecule has 0 saturated carbocycles. The minimum atomic E-state index is -0.370. The second kappa shape index (κ2) is 10.6. The molecule has 3 aromatic carbocycles. The molecule has 0 bridgehead atoms. The molecule has 0 radical (unpaired) electrons. The number of carbonyl (C=O) groups is 1. The van der Waals surface area contributed by atoms with Crippen LogP contribution in [0.2, 0.25) is 5.02 Å². The largest absolute Gasteiger partial charge is 0.504 e. The molecule has 0 aliphatic rings. The Kier molecular flexibility index (Phi) is 7.38. The monoisotopic (exact) mass is 508 g/mol. The molecule has 0 aliphatic heterocycles. The van der Waals surface area contributed by atoms with Gasteiger partial charge in [-0.2, -0.15) is 5.10 Å². The van der Waals surface area contributed by atoms with Crippen molar-refractivity contribution in [2.24, 2.45) is 5.10 Å². The third-order valence-electron chi connectivity index (χ3n) is 5.11. The lowest BCUT2D eigenvalue weighted by Crippen LogP contribution is -2.24. The molecule has 4 aromatic rings. The van der Waals surface area contributed by atoms with Crippen molar-refractivity contribution in [3.8, 4) is 17.2 Å². The highest BCUT2D eigenvalue weighted by atomic mass is 35.5. The number of aromatic hydroxyl groups is 1. The van der Waals surface area contributed by atoms with Crippen molar-refractivity contribution < 1.29 is 14.6 Å². The number of hydrogen-bond acceptors (Lipinski definition) is 7. The number of hydrogen-bond donors (Lipinski definition) is 2. The zero-order valence-corrected chi connectivity index (χ0v) is 20.4. The summed E-state index contributed by atoms with van der Waals surface area (Å²) < 4.78 is 6.57. The number of hydrazone groups is 1. The maximum atomic E-state index is 13.3. The third-order valence-corrected chi connectivity index (χ3v) is 6.30. The lowest BCUT2D eigenvalue weighted by Gasteiger charge is -2.13. The molecule has 0 fully saturated rings. The van der Waals surface area contributed by atoms with Crippen LogP contribution in [0.25, 0.3) is 16.6 Å². The lowest BCUT2D eigenvalue weighted by atomic mass is 10.1. The van der Waals surface area contributed by atoms with Gasteiger partial charge in [0, 0.05) is 10.6 Å². The second-order valence-corrected chi connectivity index (χ2v) is 8.81. The Bertz CT molecular complexity index is 1490. The normalized spacial score (nSPS) is 11.5. The van der Waals surface area contributed by atoms with Crippen LogP contribution in [0, 0.1) is 0 Å². The van der Waals surface area contributed by atoms with Crippen LogP contribution in [0.15, 0.2) is 81.8 Å². The molecule has 1 amide bonds. The van der Waals surface area contributed by atoms with E-state index in [9.17, 15) is 14.7 Å². The standard InChI is InChI=1S/C25H21ClN4O4S/c1-15(16-7-12-21(31)22(13-16)34-2)28-29-23(32)14-35-25-27-20-6-4-3-5-19(20)24(33)30(25)18-10-8-17(26)9-11-18/h3-13,31H,14H2,1-2H3,(H,29,32)/b28-15-. The summed E-state index contributed by atoms with van der Waals surface area (Å²) in [6.07, 6.45) is 0. The highest BCUT2D eigenvalue weighted by Crippen LogP contribution is 2.26. The van der Waals surface area contributed by atoms with Gasteiger partial charge in [0.1, 0.15) is 0 Å². The zero-order chi connectivity index (χ0) is 24.9. The number of nitrogens with zero attached hydrogens (tertiary/aromatic N) is 3. The summed E-state index contributed by atoms with van der Waals surface area (Å²) >= 11 is 7.14. The van der Waals surface area contributed by atoms with Gasteiger partial charge in [-0.05, 0) is 61.5 Å². The number of aromatic nitrogens is 2. The molecule has 178 valence electrons. The molecule has 35 heavy (non-hydrogen) atoms. The number of ether oxygens (including phenoxy) is 1. The molecule has 0 aliphatic carbocycles. The fourth-order valence-electron chi connectivity index (χ4n) is 3.30. The predicted octanol–water partition coefficient (Wildman–Crippen LogP) is 4.39. The van der Waals surface area contributed by atoms with Crippen LogP contribution < -0.4 is 15.7 Å². The Labute approximate surface area is 210 Å². The Balaban J connectivity index is 1.56. The molecule has 2 N–H and O–H groups in total. The Morgan fingerprint density at radius 3 is 2.66 bits per heavy atom. The predicted molar refractivity (Wildman–Crippen MR) is 138 cm³/mol. The number of methoxy groups -OCH3 is 1. The van der Waals surface area contributed by atoms with E-state index in [0.717, 1.165) is 11.8 Å². The number of para-hydroxylation sites is 1. The quantitative estimate of drug-likeness (QED) is 0.166. The van der Waals surface area contributed by atoms with Crippen LogP contribution in [0.1, 0.15) is 12.5 Å². The van der Waals surface area contributed by atoms with Crippen LogP contribution in [-0.4, -0.2) is 39.1 Å². The van der Waals surface area contributed by atoms with Gasteiger partial charge in [0.25, 0.3) is 11.5 Å². The SMILES string of the molecule is COc1cc(/C(C)=N\NC(=O)CSc2nc3ccccc3c(=O)n2-c2ccc(Cl)cc2)ccc1O. The van der Waals surface area contributed by atoms with Gasteiger partial charge in [0.2, 0.25) is 0 Å². The van der Waals surface area contributed by atoms with Gasteiger partial charge in [0.05, 0.1) is 35.2 Å². The van der Waals surface area contributed by atoms with Crippen molar-refractivity contribution in [2.75, 3.05) is 12.9 Å². The molecule has 0 unspecified atom stereocenters. The first-order valence-electron chi connectivity index (χ1n) is 10.5. The fraction of sp³-hybridized carbons (Fsp3) is 0.120. The number of phenolic OH excluding ortho intramolecular Hbond substituents is 1. The molecule has 8 nitrogen and oxygen atoms in total. The number of halogens is 1. The summed E-state index contributed by atoms with van der Waals surface area (Å²) in [4.78, 5) is 30.4. The Morgan fingerprint density at radius 2 is 1.91 bits per heavy atom. The molecule has 1 heterocycles. The Hall–Kier alpha value is -3.82. The summed E-state index contributed by atoms with van der Waals surface area (Å²) in [7, 11) is 1.45. The number of fused-ring (bicyclic) bond motifs is 1. The number of amides is 1. The van der Waals surface area contributed by atoms with E-state index in [-0.39, 0.29) is 23.0 Å². The van der Waals surface area contributed by atoms with Crippen molar-refractivity contribution in [2.45, 2.75) is 12.1 Å². The van der Waals surface area contributed by atoms with Gasteiger partial charge in [-0.1, -0.05) is 35.5 Å². The minimum absolute atomic E-state index is 0.0131. The van der Waals surface area contributed by atoms with E-state index in [1.807, 2.05) is 0 Å². The van der Waals surface area contributed by atoms with Crippen LogP contribution in [0.5, 0.6) is 11.5 Å². The number of rotatable bonds is 7. The molecule has 0 atom stereocenters. The number of carbonyl (C=O) groups excluding carboxylic acids is 1. The van der Waals surface area contributed by atoms with E-state index in [0.29, 0.717) is 43.8 Å². The average Bonchev–Trinajstić information content (AvgIpc) is 2.87. The topological polar surface area (TPSA) is 106 Å². The van der Waals surface area contributed by atoms with Gasteiger partial charge in [-0.15, -0.1) is 0 Å². The molecule has 0 saturated heterocycles. The molecular weight excluding hydrogens is 488 g/mol. The maximum absolute atomic E-state index is 13.3. The van der Waals surface area contributed by atoms with Crippen LogP contribution >= 0.6 is 23.4 Å². The summed E-state index contributed by atoms with van der Waals surface area (Å²) in [5.74, 6) is -0.0700. The first-order chi connectivity index (χ1) is 16.9. The molecule has 0 spiro atoms. The van der Waals surface area contributed by atoms with Crippen molar-refractivity contribution in [1.29, 1.82) is 0 Å². The highest BCUT2D eigenvalue weighted by Gasteiger charge is 2.15. The minimum Gasteiger partial charge on any atom is -0.504 e. The first kappa shape index (κ1) is 24.3. The van der Waals surface area contributed by atoms with Crippen molar-refractivity contribution >= 4 is 45.9 Å². The number of nitrogens with one attached hydrogen (secondary N) is 1. The van der Waals surface area contributed by atoms with Crippen LogP contribution in [0.3, 0.4) is 0 Å². The smallest absolute Gasteiger partial charge is 0.266 e. The van der Waals surface area contributed by atoms with Gasteiger partial charge < -0.3 is 9.84 Å². The third kappa shape index (κ3) is 5.47. The van der Waals surface area contributed by atoms with Crippen molar-refractivity contribution in [1.82, 2.24) is 15.0 Å². The first-order valence-corrected chi connectivity index (χ1v) is 11.8. The van der Waals surface area contributed by atoms with Gasteiger partial charge in [-0.25, -0.2) is 10.4 Å². The van der Waals surface area contributed by atoms with Gasteiger partial charge in [-0.3, -0.25) is 14.2 Å². The Morgan fingerprint density at radius 1 is 1.17 bits per heavy atom. The summed E-state index contributed by atoms with van der Waals surface area (Å²) in [5, 5.41) is 15.3. The number of thioether (sulfide) groups is 1. The van der Waals surface area contributed by atoms with Crippen molar-refractivity contribution in [3.05, 3.63) is 87.7 Å². The number of phenols is 1. The fourth-order valence-corrected chi connectivity index (χ4v) is 4.23. The van der Waals surface area contributed by atoms with E-state index in [2.05, 4.69) is 15.5 Å². The van der Waals surface area contributed by atoms with Gasteiger partial charge in [0.15, 0.2) is 16.7 Å². The average molecular weight is 509 g/mol. The van der Waals surface area contributed by atoms with Gasteiger partial charge >= 0.3 is 0 Å². The van der Waals surface area contributed by atoms with E-state index >= 15 is 0 Å². The number of benzene rings is 3. The van der Waals surface area contributed by atoms with Crippen LogP contribution in [0.4, 0.5) is 0 Å². The maximum Gasteiger partial charge on any atom is 0.266 e. The zero-order valence-electron chi connectivity index (χ0n) is 18.9. The van der Waals surface area contributed by atoms with E-state index in [1.165, 1.54) is 17.7 Å².